The van der Waals surface area contributed by atoms with Crippen molar-refractivity contribution in [2.24, 2.45) is 0 Å². The Morgan fingerprint density at radius 1 is 1.83 bits per heavy atom. The van der Waals surface area contributed by atoms with Crippen LogP contribution in [-0.2, 0) is 0 Å². The summed E-state index contributed by atoms with van der Waals surface area (Å²) in [6, 6.07) is 0. The van der Waals surface area contributed by atoms with Crippen molar-refractivity contribution in [3.8, 4) is 0 Å². The molecule has 0 atom stereocenters. The van der Waals surface area contributed by atoms with E-state index in [1.807, 2.05) is 0 Å². The number of hydrogen-bond acceptors (Lipinski definition) is 1. The number of nitrogens with one attached hydrogen (secondary N) is 1. The predicted molar refractivity (Wildman–Crippen MR) is 36.8 cm³/mol. The van der Waals surface area contributed by atoms with Crippen LogP contribution in [0, 0.1) is 0 Å². The molecule has 0 bridgehead atoms. The molecule has 0 amide bonds. The van der Waals surface area contributed by atoms with Gasteiger partial charge in [-0.3, -0.25) is 0 Å². The van der Waals surface area contributed by atoms with E-state index in [2.05, 4.69) is 11.9 Å². The van der Waals surface area contributed by atoms with Crippen molar-refractivity contribution >= 4 is 19.0 Å². The van der Waals surface area contributed by atoms with Gasteiger partial charge in [0, 0.05) is 9.76 Å². The van der Waals surface area contributed by atoms with Gasteiger partial charge in [-0.05, 0) is 13.0 Å². The second kappa shape index (κ2) is 5.39. The van der Waals surface area contributed by atoms with Crippen molar-refractivity contribution in [2.45, 2.75) is 13.3 Å². The lowest BCUT2D eigenvalue weighted by Gasteiger charge is -1.91. The molecule has 0 aromatic heterocycles. The van der Waals surface area contributed by atoms with Crippen molar-refractivity contribution in [2.75, 3.05) is 6.54 Å². The smallest absolute Gasteiger partial charge is 0.0721 e. The molecule has 0 aromatic carbocycles. The van der Waals surface area contributed by atoms with Crippen LogP contribution in [0.25, 0.3) is 0 Å². The Hall–Kier alpha value is 0.394. The molecule has 38 valence electrons. The van der Waals surface area contributed by atoms with Gasteiger partial charge in [-0.25, -0.2) is 0 Å². The summed E-state index contributed by atoms with van der Waals surface area (Å²) >= 11 is 0. The van der Waals surface area contributed by atoms with E-state index in [1.54, 1.807) is 0 Å². The van der Waals surface area contributed by atoms with Crippen LogP contribution < -0.4 is 4.98 Å². The Morgan fingerprint density at radius 2 is 2.50 bits per heavy atom. The van der Waals surface area contributed by atoms with E-state index in [1.165, 1.54) is 22.7 Å². The first kappa shape index (κ1) is 6.39. The fourth-order valence-corrected chi connectivity index (χ4v) is 2.12. The maximum absolute atomic E-state index is 3.40. The molecule has 3 heteroatoms. The summed E-state index contributed by atoms with van der Waals surface area (Å²) in [6.45, 7) is 3.47. The van der Waals surface area contributed by atoms with Crippen molar-refractivity contribution in [1.82, 2.24) is 4.98 Å². The summed E-state index contributed by atoms with van der Waals surface area (Å²) in [6.07, 6.45) is 1.30. The highest BCUT2D eigenvalue weighted by Gasteiger charge is 1.72. The molecule has 0 radical (unpaired) electrons. The SMILES string of the molecule is CCCN[SiH2][SiH3]. The standard InChI is InChI=1S/C3H13NSi2/c1-2-3-4-6-5/h4H,2-3,6H2,1,5H3. The fourth-order valence-electron chi connectivity index (χ4n) is 0.354. The Bertz CT molecular complexity index is 20.8. The first-order chi connectivity index (χ1) is 2.91. The Balaban J connectivity index is 2.34. The zero-order valence-electron chi connectivity index (χ0n) is 4.62. The van der Waals surface area contributed by atoms with Crippen LogP contribution in [0.15, 0.2) is 0 Å². The van der Waals surface area contributed by atoms with Gasteiger partial charge in [0.25, 0.3) is 0 Å². The highest BCUT2D eigenvalue weighted by molar-refractivity contribution is 6.87. The zero-order valence-corrected chi connectivity index (χ0v) is 8.04. The van der Waals surface area contributed by atoms with Gasteiger partial charge in [-0.15, -0.1) is 0 Å². The van der Waals surface area contributed by atoms with E-state index in [0.717, 1.165) is 0 Å². The van der Waals surface area contributed by atoms with E-state index in [0.29, 0.717) is 9.20 Å². The van der Waals surface area contributed by atoms with E-state index < -0.39 is 0 Å². The van der Waals surface area contributed by atoms with Gasteiger partial charge in [0.1, 0.15) is 0 Å². The lowest BCUT2D eigenvalue weighted by Crippen LogP contribution is -2.19. The van der Waals surface area contributed by atoms with E-state index in [4.69, 9.17) is 0 Å². The van der Waals surface area contributed by atoms with E-state index >= 15 is 0 Å². The molecule has 0 rings (SSSR count). The molecule has 0 saturated carbocycles. The molecule has 6 heavy (non-hydrogen) atoms. The molecule has 0 saturated heterocycles. The van der Waals surface area contributed by atoms with Gasteiger partial charge >= 0.3 is 0 Å². The minimum atomic E-state index is 0.292. The van der Waals surface area contributed by atoms with Crippen molar-refractivity contribution in [1.29, 1.82) is 0 Å². The minimum Gasteiger partial charge on any atom is -0.345 e. The molecule has 0 aromatic rings. The van der Waals surface area contributed by atoms with Crippen LogP contribution in [0.3, 0.4) is 0 Å². The predicted octanol–water partition coefficient (Wildman–Crippen LogP) is -1.65. The van der Waals surface area contributed by atoms with Gasteiger partial charge in [0.15, 0.2) is 0 Å². The third kappa shape index (κ3) is 4.39. The summed E-state index contributed by atoms with van der Waals surface area (Å²) in [5.74, 6) is 0. The molecule has 0 aliphatic carbocycles. The van der Waals surface area contributed by atoms with Gasteiger partial charge in [-0.1, -0.05) is 6.92 Å². The van der Waals surface area contributed by atoms with Crippen LogP contribution in [0.5, 0.6) is 0 Å². The highest BCUT2D eigenvalue weighted by Crippen LogP contribution is 1.63. The summed E-state index contributed by atoms with van der Waals surface area (Å²) in [5, 5.41) is 0. The first-order valence-corrected chi connectivity index (χ1v) is 8.99. The van der Waals surface area contributed by atoms with E-state index in [9.17, 15) is 0 Å². The molecule has 0 aliphatic rings. The second-order valence-electron chi connectivity index (χ2n) is 1.35. The molecule has 0 spiro atoms. The largest absolute Gasteiger partial charge is 0.345 e. The minimum absolute atomic E-state index is 0.292. The quantitative estimate of drug-likeness (QED) is 0.347. The second-order valence-corrected chi connectivity index (χ2v) is 4.68. The van der Waals surface area contributed by atoms with Crippen LogP contribution in [-0.4, -0.2) is 25.5 Å². The van der Waals surface area contributed by atoms with Gasteiger partial charge in [0.2, 0.25) is 0 Å². The average Bonchev–Trinajstić information content (AvgIpc) is 1.61. The molecule has 1 nitrogen and oxygen atoms in total. The molecule has 1 N–H and O–H groups in total. The monoisotopic (exact) mass is 119 g/mol. The molecule has 0 unspecified atom stereocenters. The van der Waals surface area contributed by atoms with Crippen molar-refractivity contribution in [3.63, 3.8) is 0 Å². The molecular weight excluding hydrogens is 106 g/mol. The lowest BCUT2D eigenvalue weighted by molar-refractivity contribution is 0.866. The third-order valence-corrected chi connectivity index (χ3v) is 3.03. The summed E-state index contributed by atoms with van der Waals surface area (Å²) in [4.78, 5) is 3.40. The summed E-state index contributed by atoms with van der Waals surface area (Å²) in [5.41, 5.74) is 0. The first-order valence-electron chi connectivity index (χ1n) is 2.62. The van der Waals surface area contributed by atoms with Crippen LogP contribution in [0.1, 0.15) is 13.3 Å². The van der Waals surface area contributed by atoms with Crippen LogP contribution in [0.2, 0.25) is 0 Å². The zero-order chi connectivity index (χ0) is 4.83. The van der Waals surface area contributed by atoms with Crippen LogP contribution in [0.4, 0.5) is 0 Å². The molecule has 0 aliphatic heterocycles. The van der Waals surface area contributed by atoms with E-state index in [-0.39, 0.29) is 0 Å². The molecule has 0 heterocycles. The fraction of sp³-hybridized carbons (Fsp3) is 1.00. The maximum atomic E-state index is 3.40. The summed E-state index contributed by atoms with van der Waals surface area (Å²) in [7, 11) is 1.72. The normalized spacial score (nSPS) is 11.5. The van der Waals surface area contributed by atoms with Crippen LogP contribution >= 0.6 is 0 Å². The Kier molecular flexibility index (Phi) is 5.75. The Labute approximate surface area is 44.6 Å². The van der Waals surface area contributed by atoms with Gasteiger partial charge in [-0.2, -0.15) is 0 Å². The van der Waals surface area contributed by atoms with Crippen molar-refractivity contribution < 1.29 is 0 Å². The third-order valence-electron chi connectivity index (χ3n) is 0.677. The van der Waals surface area contributed by atoms with Crippen molar-refractivity contribution in [3.05, 3.63) is 0 Å². The maximum Gasteiger partial charge on any atom is 0.0721 e. The highest BCUT2D eigenvalue weighted by atomic mass is 29.1. The van der Waals surface area contributed by atoms with Gasteiger partial charge in [0.05, 0.1) is 9.20 Å². The van der Waals surface area contributed by atoms with Gasteiger partial charge < -0.3 is 4.98 Å². The molecule has 0 fully saturated rings. The topological polar surface area (TPSA) is 12.0 Å². The number of hydrogen-bond donors (Lipinski definition) is 1. The summed E-state index contributed by atoms with van der Waals surface area (Å²) < 4.78 is 0. The number of rotatable bonds is 3. The average molecular weight is 119 g/mol. The molecular formula is C3H13NSi2. The Morgan fingerprint density at radius 3 is 2.67 bits per heavy atom. The lowest BCUT2D eigenvalue weighted by atomic mass is 10.5.